The van der Waals surface area contributed by atoms with E-state index in [1.165, 1.54) is 33.4 Å². The van der Waals surface area contributed by atoms with Crippen LogP contribution in [0.15, 0.2) is 72.8 Å². The average Bonchev–Trinajstić information content (AvgIpc) is 2.83. The number of unbranched alkanes of at least 4 members (excludes halogenated alkanes) is 1. The van der Waals surface area contributed by atoms with Crippen LogP contribution in [0.4, 0.5) is 0 Å². The average molecular weight is 430 g/mol. The molecule has 3 heteroatoms. The third-order valence-corrected chi connectivity index (χ3v) is 5.54. The zero-order chi connectivity index (χ0) is 22.8. The topological polar surface area (TPSA) is 44.5 Å². The van der Waals surface area contributed by atoms with Gasteiger partial charge in [0.2, 0.25) is 0 Å². The van der Waals surface area contributed by atoms with Crippen molar-refractivity contribution < 1.29 is 9.47 Å². The van der Waals surface area contributed by atoms with Crippen LogP contribution >= 0.6 is 0 Å². The Morgan fingerprint density at radius 1 is 0.781 bits per heavy atom. The summed E-state index contributed by atoms with van der Waals surface area (Å²) in [6, 6.07) is 25.5. The number of benzene rings is 3. The summed E-state index contributed by atoms with van der Waals surface area (Å²) in [6.45, 7) is 8.32. The van der Waals surface area contributed by atoms with Crippen molar-refractivity contribution in [1.82, 2.24) is 0 Å². The fraction of sp³-hybridized carbons (Fsp3) is 0.310. The highest BCUT2D eigenvalue weighted by Gasteiger charge is 2.15. The number of allylic oxidation sites excluding steroid dienone is 1. The highest BCUT2D eigenvalue weighted by atomic mass is 16.5. The van der Waals surface area contributed by atoms with Crippen LogP contribution in [0.5, 0.6) is 11.5 Å². The summed E-state index contributed by atoms with van der Waals surface area (Å²) in [5.74, 6) is 1.77. The van der Waals surface area contributed by atoms with Crippen molar-refractivity contribution in [2.75, 3.05) is 19.8 Å². The highest BCUT2D eigenvalue weighted by Crippen LogP contribution is 2.37. The first-order valence-electron chi connectivity index (χ1n) is 11.6. The molecule has 0 spiro atoms. The number of hydrogen-bond acceptors (Lipinski definition) is 3. The SMILES string of the molecule is CCCCOc1ccc(/C(=C(\CC)c2ccccc2)c2ccc(OCCN)cc2C)cc1. The van der Waals surface area contributed by atoms with Crippen molar-refractivity contribution in [3.05, 3.63) is 95.1 Å². The van der Waals surface area contributed by atoms with Gasteiger partial charge in [0.05, 0.1) is 6.61 Å². The molecule has 0 aliphatic carbocycles. The van der Waals surface area contributed by atoms with Gasteiger partial charge in [-0.05, 0) is 77.4 Å². The monoisotopic (exact) mass is 429 g/mol. The minimum absolute atomic E-state index is 0.507. The third-order valence-electron chi connectivity index (χ3n) is 5.54. The van der Waals surface area contributed by atoms with Crippen molar-refractivity contribution in [2.24, 2.45) is 5.73 Å². The van der Waals surface area contributed by atoms with Crippen LogP contribution in [-0.4, -0.2) is 19.8 Å². The molecule has 0 heterocycles. The van der Waals surface area contributed by atoms with Crippen LogP contribution in [0.2, 0.25) is 0 Å². The molecule has 0 fully saturated rings. The van der Waals surface area contributed by atoms with Crippen LogP contribution in [-0.2, 0) is 0 Å². The van der Waals surface area contributed by atoms with E-state index in [-0.39, 0.29) is 0 Å². The van der Waals surface area contributed by atoms with Gasteiger partial charge < -0.3 is 15.2 Å². The summed E-state index contributed by atoms with van der Waals surface area (Å²) >= 11 is 0. The van der Waals surface area contributed by atoms with Crippen molar-refractivity contribution in [2.45, 2.75) is 40.0 Å². The van der Waals surface area contributed by atoms with Gasteiger partial charge in [-0.2, -0.15) is 0 Å². The Balaban J connectivity index is 2.08. The molecule has 0 bridgehead atoms. The molecule has 0 aromatic heterocycles. The molecule has 0 atom stereocenters. The molecule has 3 aromatic rings. The van der Waals surface area contributed by atoms with E-state index in [1.54, 1.807) is 0 Å². The van der Waals surface area contributed by atoms with Crippen LogP contribution in [0, 0.1) is 6.92 Å². The van der Waals surface area contributed by atoms with Gasteiger partial charge in [-0.25, -0.2) is 0 Å². The second-order valence-corrected chi connectivity index (χ2v) is 7.91. The Kier molecular flexibility index (Phi) is 8.94. The van der Waals surface area contributed by atoms with Gasteiger partial charge in [0.25, 0.3) is 0 Å². The second kappa shape index (κ2) is 12.1. The van der Waals surface area contributed by atoms with Gasteiger partial charge in [-0.15, -0.1) is 0 Å². The fourth-order valence-electron chi connectivity index (χ4n) is 3.89. The zero-order valence-electron chi connectivity index (χ0n) is 19.6. The molecule has 3 rings (SSSR count). The summed E-state index contributed by atoms with van der Waals surface area (Å²) in [6.07, 6.45) is 3.13. The van der Waals surface area contributed by atoms with E-state index in [0.29, 0.717) is 13.2 Å². The molecule has 32 heavy (non-hydrogen) atoms. The number of ether oxygens (including phenoxy) is 2. The first-order valence-corrected chi connectivity index (χ1v) is 11.6. The fourth-order valence-corrected chi connectivity index (χ4v) is 3.89. The Hall–Kier alpha value is -3.04. The van der Waals surface area contributed by atoms with Crippen molar-refractivity contribution in [3.63, 3.8) is 0 Å². The van der Waals surface area contributed by atoms with Gasteiger partial charge in [-0.3, -0.25) is 0 Å². The lowest BCUT2D eigenvalue weighted by molar-refractivity contribution is 0.309. The zero-order valence-corrected chi connectivity index (χ0v) is 19.6. The lowest BCUT2D eigenvalue weighted by Crippen LogP contribution is -2.10. The van der Waals surface area contributed by atoms with Gasteiger partial charge in [0.15, 0.2) is 0 Å². The number of hydrogen-bond donors (Lipinski definition) is 1. The Bertz CT molecular complexity index is 1010. The van der Waals surface area contributed by atoms with Gasteiger partial charge in [-0.1, -0.05) is 68.8 Å². The Labute approximate surface area is 192 Å². The second-order valence-electron chi connectivity index (χ2n) is 7.91. The molecule has 0 aliphatic heterocycles. The van der Waals surface area contributed by atoms with E-state index in [9.17, 15) is 0 Å². The predicted octanol–water partition coefficient (Wildman–Crippen LogP) is 6.88. The Morgan fingerprint density at radius 2 is 1.47 bits per heavy atom. The van der Waals surface area contributed by atoms with E-state index < -0.39 is 0 Å². The van der Waals surface area contributed by atoms with Crippen molar-refractivity contribution in [1.29, 1.82) is 0 Å². The molecular formula is C29H35NO2. The molecule has 3 nitrogen and oxygen atoms in total. The largest absolute Gasteiger partial charge is 0.494 e. The van der Waals surface area contributed by atoms with Crippen molar-refractivity contribution >= 4 is 11.1 Å². The van der Waals surface area contributed by atoms with Gasteiger partial charge >= 0.3 is 0 Å². The van der Waals surface area contributed by atoms with E-state index in [0.717, 1.165) is 37.4 Å². The molecule has 0 amide bonds. The third kappa shape index (κ3) is 6.02. The minimum Gasteiger partial charge on any atom is -0.494 e. The van der Waals surface area contributed by atoms with E-state index in [1.807, 2.05) is 6.07 Å². The molecule has 0 saturated heterocycles. The summed E-state index contributed by atoms with van der Waals surface area (Å²) in [7, 11) is 0. The number of rotatable bonds is 11. The quantitative estimate of drug-likeness (QED) is 0.267. The lowest BCUT2D eigenvalue weighted by atomic mass is 9.86. The maximum Gasteiger partial charge on any atom is 0.119 e. The van der Waals surface area contributed by atoms with Crippen LogP contribution in [0.1, 0.15) is 55.4 Å². The van der Waals surface area contributed by atoms with E-state index >= 15 is 0 Å². The van der Waals surface area contributed by atoms with Crippen LogP contribution < -0.4 is 15.2 Å². The summed E-state index contributed by atoms with van der Waals surface area (Å²) in [5.41, 5.74) is 13.0. The first kappa shape index (κ1) is 23.6. The molecule has 3 aromatic carbocycles. The van der Waals surface area contributed by atoms with Gasteiger partial charge in [0, 0.05) is 6.54 Å². The lowest BCUT2D eigenvalue weighted by Gasteiger charge is -2.19. The minimum atomic E-state index is 0.507. The first-order chi connectivity index (χ1) is 15.7. The maximum atomic E-state index is 5.89. The standard InChI is InChI=1S/C29H35NO2/c1-4-6-19-31-25-14-12-24(13-15-25)29(27(5-2)23-10-8-7-9-11-23)28-17-16-26(21-22(28)3)32-20-18-30/h7-17,21H,4-6,18-20,30H2,1-3H3/b29-27-. The smallest absolute Gasteiger partial charge is 0.119 e. The molecule has 0 saturated carbocycles. The normalized spacial score (nSPS) is 11.8. The Morgan fingerprint density at radius 3 is 2.09 bits per heavy atom. The van der Waals surface area contributed by atoms with Crippen LogP contribution in [0.25, 0.3) is 11.1 Å². The molecule has 168 valence electrons. The summed E-state index contributed by atoms with van der Waals surface area (Å²) in [5, 5.41) is 0. The molecule has 2 N–H and O–H groups in total. The summed E-state index contributed by atoms with van der Waals surface area (Å²) in [4.78, 5) is 0. The number of nitrogens with two attached hydrogens (primary N) is 1. The maximum absolute atomic E-state index is 5.89. The van der Waals surface area contributed by atoms with E-state index in [2.05, 4.69) is 87.5 Å². The molecule has 0 radical (unpaired) electrons. The predicted molar refractivity (Wildman–Crippen MR) is 135 cm³/mol. The molecule has 0 unspecified atom stereocenters. The van der Waals surface area contributed by atoms with Crippen molar-refractivity contribution in [3.8, 4) is 11.5 Å². The van der Waals surface area contributed by atoms with Crippen LogP contribution in [0.3, 0.4) is 0 Å². The molecular weight excluding hydrogens is 394 g/mol. The van der Waals surface area contributed by atoms with E-state index in [4.69, 9.17) is 15.2 Å². The molecule has 0 aliphatic rings. The van der Waals surface area contributed by atoms with Gasteiger partial charge in [0.1, 0.15) is 18.1 Å². The highest BCUT2D eigenvalue weighted by molar-refractivity contribution is 5.99. The summed E-state index contributed by atoms with van der Waals surface area (Å²) < 4.78 is 11.6. The number of aryl methyl sites for hydroxylation is 1.